The van der Waals surface area contributed by atoms with Crippen molar-refractivity contribution in [2.24, 2.45) is 0 Å². The van der Waals surface area contributed by atoms with E-state index in [4.69, 9.17) is 4.84 Å². The van der Waals surface area contributed by atoms with Gasteiger partial charge in [0.1, 0.15) is 12.6 Å². The van der Waals surface area contributed by atoms with E-state index in [9.17, 15) is 24.0 Å². The van der Waals surface area contributed by atoms with E-state index in [2.05, 4.69) is 16.0 Å². The van der Waals surface area contributed by atoms with Crippen LogP contribution < -0.4 is 16.0 Å². The summed E-state index contributed by atoms with van der Waals surface area (Å²) in [4.78, 5) is 69.8. The molecule has 0 bridgehead atoms. The number of benzene rings is 1. The number of carbonyl (C=O) groups is 5. The largest absolute Gasteiger partial charge is 0.355 e. The van der Waals surface area contributed by atoms with Crippen LogP contribution in [-0.4, -0.2) is 84.9 Å². The number of hydrogen-bond acceptors (Lipinski definition) is 6. The topological polar surface area (TPSA) is 137 Å². The molecule has 196 valence electrons. The maximum Gasteiger partial charge on any atom is 0.265 e. The van der Waals surface area contributed by atoms with Gasteiger partial charge in [-0.05, 0) is 44.1 Å². The fourth-order valence-electron chi connectivity index (χ4n) is 4.21. The lowest BCUT2D eigenvalue weighted by molar-refractivity contribution is -0.188. The summed E-state index contributed by atoms with van der Waals surface area (Å²) in [6, 6.07) is 9.18. The van der Waals surface area contributed by atoms with E-state index in [1.807, 2.05) is 30.3 Å². The minimum absolute atomic E-state index is 0.109. The lowest BCUT2D eigenvalue weighted by atomic mass is 10.1. The van der Waals surface area contributed by atoms with Crippen molar-refractivity contribution in [2.75, 3.05) is 39.3 Å². The standard InChI is InChI=1S/C25H35N5O6/c31-21-16-27-22(32)18-30(36-15-7-10-19-8-2-1-3-9-19)24(34)17-28-25(35)20-11-6-14-29(20)23(33)12-4-5-13-26-21/h1-3,8-9,20H,4-7,10-18H2,(H,26,31)(H,27,32)(H,28,35). The van der Waals surface area contributed by atoms with Gasteiger partial charge in [-0.3, -0.25) is 28.8 Å². The third-order valence-electron chi connectivity index (χ3n) is 6.14. The average molecular weight is 502 g/mol. The highest BCUT2D eigenvalue weighted by Crippen LogP contribution is 2.19. The predicted molar refractivity (Wildman–Crippen MR) is 130 cm³/mol. The molecule has 0 aromatic heterocycles. The summed E-state index contributed by atoms with van der Waals surface area (Å²) in [5, 5.41) is 8.69. The van der Waals surface area contributed by atoms with Crippen LogP contribution in [0.15, 0.2) is 30.3 Å². The molecule has 0 radical (unpaired) electrons. The Balaban J connectivity index is 1.61. The number of nitrogens with one attached hydrogen (secondary N) is 3. The number of hydroxylamine groups is 2. The van der Waals surface area contributed by atoms with Crippen molar-refractivity contribution in [3.8, 4) is 0 Å². The van der Waals surface area contributed by atoms with Crippen LogP contribution in [0.2, 0.25) is 0 Å². The molecule has 0 spiro atoms. The molecule has 0 saturated carbocycles. The summed E-state index contributed by atoms with van der Waals surface area (Å²) in [5.74, 6) is -2.01. The van der Waals surface area contributed by atoms with Crippen LogP contribution >= 0.6 is 0 Å². The van der Waals surface area contributed by atoms with Crippen LogP contribution in [0.5, 0.6) is 0 Å². The smallest absolute Gasteiger partial charge is 0.265 e. The number of amides is 5. The van der Waals surface area contributed by atoms with E-state index in [1.54, 1.807) is 4.90 Å². The first-order chi connectivity index (χ1) is 17.4. The van der Waals surface area contributed by atoms with Gasteiger partial charge in [0.25, 0.3) is 5.91 Å². The molecule has 36 heavy (non-hydrogen) atoms. The van der Waals surface area contributed by atoms with Crippen molar-refractivity contribution in [3.63, 3.8) is 0 Å². The SMILES string of the molecule is O=C1CNC(=O)CN(OCCCc2ccccc2)C(=O)CNC(=O)C2CCCN2C(=O)CCCCN1. The summed E-state index contributed by atoms with van der Waals surface area (Å²) < 4.78 is 0. The maximum absolute atomic E-state index is 12.8. The molecule has 0 aliphatic carbocycles. The van der Waals surface area contributed by atoms with Crippen LogP contribution in [-0.2, 0) is 35.2 Å². The lowest BCUT2D eigenvalue weighted by Gasteiger charge is -2.25. The van der Waals surface area contributed by atoms with Crippen molar-refractivity contribution < 1.29 is 28.8 Å². The van der Waals surface area contributed by atoms with Gasteiger partial charge in [-0.15, -0.1) is 0 Å². The lowest BCUT2D eigenvalue weighted by Crippen LogP contribution is -2.50. The normalized spacial score (nSPS) is 21.2. The van der Waals surface area contributed by atoms with Gasteiger partial charge >= 0.3 is 0 Å². The summed E-state index contributed by atoms with van der Waals surface area (Å²) in [6.07, 6.45) is 4.05. The van der Waals surface area contributed by atoms with E-state index in [0.29, 0.717) is 45.2 Å². The Labute approximate surface area is 210 Å². The second kappa shape index (κ2) is 14.2. The first kappa shape index (κ1) is 27.1. The number of hydrogen-bond donors (Lipinski definition) is 3. The summed E-state index contributed by atoms with van der Waals surface area (Å²) in [6.45, 7) is 0.0396. The quantitative estimate of drug-likeness (QED) is 0.482. The molecule has 11 nitrogen and oxygen atoms in total. The zero-order valence-corrected chi connectivity index (χ0v) is 20.5. The zero-order valence-electron chi connectivity index (χ0n) is 20.5. The molecular formula is C25H35N5O6. The van der Waals surface area contributed by atoms with Crippen molar-refractivity contribution >= 4 is 29.5 Å². The fourth-order valence-corrected chi connectivity index (χ4v) is 4.21. The molecule has 1 aromatic carbocycles. The number of rotatable bonds is 5. The highest BCUT2D eigenvalue weighted by atomic mass is 16.7. The first-order valence-corrected chi connectivity index (χ1v) is 12.5. The Hall–Kier alpha value is -3.47. The summed E-state index contributed by atoms with van der Waals surface area (Å²) in [7, 11) is 0. The summed E-state index contributed by atoms with van der Waals surface area (Å²) >= 11 is 0. The molecule has 3 N–H and O–H groups in total. The van der Waals surface area contributed by atoms with Gasteiger partial charge < -0.3 is 20.9 Å². The Morgan fingerprint density at radius 3 is 2.47 bits per heavy atom. The second-order valence-electron chi connectivity index (χ2n) is 8.90. The number of fused-ring (bicyclic) bond motifs is 1. The van der Waals surface area contributed by atoms with Gasteiger partial charge in [0, 0.05) is 19.5 Å². The van der Waals surface area contributed by atoms with Crippen LogP contribution in [0.1, 0.15) is 44.1 Å². The van der Waals surface area contributed by atoms with Gasteiger partial charge in [-0.1, -0.05) is 30.3 Å². The fraction of sp³-hybridized carbons (Fsp3) is 0.560. The van der Waals surface area contributed by atoms with E-state index < -0.39 is 30.3 Å². The minimum atomic E-state index is -0.618. The summed E-state index contributed by atoms with van der Waals surface area (Å²) in [5.41, 5.74) is 1.12. The zero-order chi connectivity index (χ0) is 25.8. The van der Waals surface area contributed by atoms with Crippen molar-refractivity contribution in [3.05, 3.63) is 35.9 Å². The highest BCUT2D eigenvalue weighted by Gasteiger charge is 2.34. The van der Waals surface area contributed by atoms with Crippen LogP contribution in [0, 0.1) is 0 Å². The second-order valence-corrected chi connectivity index (χ2v) is 8.90. The maximum atomic E-state index is 12.8. The molecule has 2 aliphatic rings. The van der Waals surface area contributed by atoms with Crippen LogP contribution in [0.4, 0.5) is 0 Å². The highest BCUT2D eigenvalue weighted by molar-refractivity contribution is 5.92. The van der Waals surface area contributed by atoms with Gasteiger partial charge in [-0.2, -0.15) is 0 Å². The third-order valence-corrected chi connectivity index (χ3v) is 6.14. The molecule has 2 aliphatic heterocycles. The van der Waals surface area contributed by atoms with Gasteiger partial charge in [0.2, 0.25) is 23.6 Å². The molecule has 2 saturated heterocycles. The molecular weight excluding hydrogens is 466 g/mol. The number of nitrogens with zero attached hydrogens (tertiary/aromatic N) is 2. The van der Waals surface area contributed by atoms with Crippen LogP contribution in [0.3, 0.4) is 0 Å². The molecule has 1 atom stereocenters. The number of carbonyl (C=O) groups excluding carboxylic acids is 5. The number of aryl methyl sites for hydroxylation is 1. The van der Waals surface area contributed by atoms with Gasteiger partial charge in [0.05, 0.1) is 19.7 Å². The molecule has 3 rings (SSSR count). The molecule has 5 amide bonds. The first-order valence-electron chi connectivity index (χ1n) is 12.5. The Kier molecular flexibility index (Phi) is 10.7. The van der Waals surface area contributed by atoms with Gasteiger partial charge in [0.15, 0.2) is 0 Å². The van der Waals surface area contributed by atoms with E-state index in [1.165, 1.54) is 0 Å². The molecule has 1 aromatic rings. The Morgan fingerprint density at radius 2 is 1.67 bits per heavy atom. The minimum Gasteiger partial charge on any atom is -0.355 e. The Morgan fingerprint density at radius 1 is 0.861 bits per heavy atom. The molecule has 11 heteroatoms. The molecule has 2 fully saturated rings. The van der Waals surface area contributed by atoms with E-state index >= 15 is 0 Å². The van der Waals surface area contributed by atoms with E-state index in [-0.39, 0.29) is 37.9 Å². The monoisotopic (exact) mass is 501 g/mol. The van der Waals surface area contributed by atoms with Crippen molar-refractivity contribution in [1.82, 2.24) is 25.9 Å². The van der Waals surface area contributed by atoms with Crippen LogP contribution in [0.25, 0.3) is 0 Å². The average Bonchev–Trinajstić information content (AvgIpc) is 3.38. The van der Waals surface area contributed by atoms with E-state index in [0.717, 1.165) is 17.0 Å². The molecule has 2 heterocycles. The van der Waals surface area contributed by atoms with Crippen molar-refractivity contribution in [2.45, 2.75) is 51.0 Å². The van der Waals surface area contributed by atoms with Crippen molar-refractivity contribution in [1.29, 1.82) is 0 Å². The Bertz CT molecular complexity index is 925. The van der Waals surface area contributed by atoms with Gasteiger partial charge in [-0.25, -0.2) is 5.06 Å². The molecule has 1 unspecified atom stereocenters. The third kappa shape index (κ3) is 8.63. The predicted octanol–water partition coefficient (Wildman–Crippen LogP) is -0.0971.